The molecule has 0 bridgehead atoms. The fourth-order valence-corrected chi connectivity index (χ4v) is 2.89. The molecule has 28 heavy (non-hydrogen) atoms. The Hall–Kier alpha value is -2.62. The quantitative estimate of drug-likeness (QED) is 0.253. The molecule has 0 atom stereocenters. The van der Waals surface area contributed by atoms with Crippen molar-refractivity contribution in [2.24, 2.45) is 0 Å². The molecule has 0 saturated carbocycles. The van der Waals surface area contributed by atoms with E-state index in [1.54, 1.807) is 25.1 Å². The second-order valence-electron chi connectivity index (χ2n) is 5.65. The van der Waals surface area contributed by atoms with Gasteiger partial charge in [0, 0.05) is 22.2 Å². The van der Waals surface area contributed by atoms with Crippen molar-refractivity contribution in [3.05, 3.63) is 63.2 Å². The Balaban J connectivity index is 1.70. The molecule has 0 heterocycles. The summed E-state index contributed by atoms with van der Waals surface area (Å²) in [5, 5.41) is 5.61. The van der Waals surface area contributed by atoms with Crippen LogP contribution in [0.15, 0.2) is 48.5 Å². The predicted molar refractivity (Wildman–Crippen MR) is 113 cm³/mol. The van der Waals surface area contributed by atoms with Gasteiger partial charge in [-0.2, -0.15) is 0 Å². The van der Waals surface area contributed by atoms with E-state index in [4.69, 9.17) is 4.74 Å². The van der Waals surface area contributed by atoms with Crippen LogP contribution >= 0.6 is 22.6 Å². The first-order valence-electron chi connectivity index (χ1n) is 8.77. The zero-order chi connectivity index (χ0) is 20.4. The minimum Gasteiger partial charge on any atom is -0.434 e. The molecule has 0 spiro atoms. The van der Waals surface area contributed by atoms with Crippen LogP contribution in [0.2, 0.25) is 0 Å². The smallest absolute Gasteiger partial charge is 0.434 e. The summed E-state index contributed by atoms with van der Waals surface area (Å²) in [5.74, 6) is -0.0756. The number of carbonyl (C=O) groups is 3. The normalized spacial score (nSPS) is 10.1. The lowest BCUT2D eigenvalue weighted by Gasteiger charge is -2.08. The largest absolute Gasteiger partial charge is 0.513 e. The molecule has 0 aliphatic heterocycles. The van der Waals surface area contributed by atoms with Gasteiger partial charge in [-0.15, -0.1) is 0 Å². The van der Waals surface area contributed by atoms with Gasteiger partial charge in [0.2, 0.25) is 0 Å². The van der Waals surface area contributed by atoms with E-state index in [0.717, 1.165) is 3.57 Å². The van der Waals surface area contributed by atoms with E-state index >= 15 is 0 Å². The van der Waals surface area contributed by atoms with E-state index < -0.39 is 6.16 Å². The van der Waals surface area contributed by atoms with Crippen LogP contribution in [0.25, 0.3) is 0 Å². The Kier molecular flexibility index (Phi) is 8.73. The maximum absolute atomic E-state index is 12.1. The molecule has 2 N–H and O–H groups in total. The molecule has 0 radical (unpaired) electrons. The fraction of sp³-hybridized carbons (Fsp3) is 0.250. The van der Waals surface area contributed by atoms with Gasteiger partial charge < -0.3 is 20.1 Å². The zero-order valence-corrected chi connectivity index (χ0v) is 17.5. The van der Waals surface area contributed by atoms with E-state index in [1.807, 2.05) is 18.2 Å². The minimum atomic E-state index is -0.785. The SMILES string of the molecule is CCOC(=O)Oc1ccc(C(=O)NCCCNC(=O)c2ccccc2I)cc1. The third kappa shape index (κ3) is 6.84. The van der Waals surface area contributed by atoms with Crippen LogP contribution < -0.4 is 15.4 Å². The number of hydrogen-bond acceptors (Lipinski definition) is 5. The van der Waals surface area contributed by atoms with Crippen molar-refractivity contribution >= 4 is 40.6 Å². The van der Waals surface area contributed by atoms with Crippen molar-refractivity contribution in [1.29, 1.82) is 0 Å². The molecular weight excluding hydrogens is 475 g/mol. The highest BCUT2D eigenvalue weighted by Crippen LogP contribution is 2.13. The molecule has 0 saturated heterocycles. The van der Waals surface area contributed by atoms with Crippen LogP contribution in [0.5, 0.6) is 5.75 Å². The van der Waals surface area contributed by atoms with Gasteiger partial charge >= 0.3 is 6.16 Å². The first-order chi connectivity index (χ1) is 13.5. The van der Waals surface area contributed by atoms with Crippen LogP contribution in [0.3, 0.4) is 0 Å². The minimum absolute atomic E-state index is 0.131. The monoisotopic (exact) mass is 496 g/mol. The lowest BCUT2D eigenvalue weighted by molar-refractivity contribution is 0.0950. The summed E-state index contributed by atoms with van der Waals surface area (Å²) in [6, 6.07) is 13.5. The lowest BCUT2D eigenvalue weighted by atomic mass is 10.2. The van der Waals surface area contributed by atoms with Gasteiger partial charge in [0.25, 0.3) is 11.8 Å². The number of ether oxygens (including phenoxy) is 2. The molecule has 8 heteroatoms. The standard InChI is InChI=1S/C20H21IN2O5/c1-2-27-20(26)28-15-10-8-14(9-11-15)18(24)22-12-5-13-23-19(25)16-6-3-4-7-17(16)21/h3-4,6-11H,2,5,12-13H2,1H3,(H,22,24)(H,23,25). The molecule has 0 unspecified atom stereocenters. The molecule has 2 amide bonds. The Morgan fingerprint density at radius 2 is 1.57 bits per heavy atom. The number of amides is 2. The summed E-state index contributed by atoms with van der Waals surface area (Å²) in [6.07, 6.45) is -0.183. The molecule has 0 aliphatic carbocycles. The Morgan fingerprint density at radius 1 is 0.929 bits per heavy atom. The van der Waals surface area contributed by atoms with Gasteiger partial charge in [0.15, 0.2) is 0 Å². The molecule has 0 fully saturated rings. The fourth-order valence-electron chi connectivity index (χ4n) is 2.25. The van der Waals surface area contributed by atoms with Crippen LogP contribution in [-0.2, 0) is 4.74 Å². The second-order valence-corrected chi connectivity index (χ2v) is 6.82. The van der Waals surface area contributed by atoms with Gasteiger partial charge in [0.05, 0.1) is 12.2 Å². The van der Waals surface area contributed by atoms with E-state index in [-0.39, 0.29) is 18.4 Å². The summed E-state index contributed by atoms with van der Waals surface area (Å²) >= 11 is 2.12. The molecule has 0 aliphatic rings. The van der Waals surface area contributed by atoms with E-state index in [9.17, 15) is 14.4 Å². The summed E-state index contributed by atoms with van der Waals surface area (Å²) in [5.41, 5.74) is 1.08. The summed E-state index contributed by atoms with van der Waals surface area (Å²) in [4.78, 5) is 35.4. The maximum atomic E-state index is 12.1. The van der Waals surface area contributed by atoms with Crippen LogP contribution in [0.1, 0.15) is 34.1 Å². The van der Waals surface area contributed by atoms with Crippen molar-refractivity contribution < 1.29 is 23.9 Å². The van der Waals surface area contributed by atoms with Crippen LogP contribution in [0, 0.1) is 3.57 Å². The third-order valence-electron chi connectivity index (χ3n) is 3.62. The number of carbonyl (C=O) groups excluding carboxylic acids is 3. The number of rotatable bonds is 8. The molecule has 148 valence electrons. The van der Waals surface area contributed by atoms with E-state index in [1.165, 1.54) is 12.1 Å². The Bertz CT molecular complexity index is 824. The zero-order valence-electron chi connectivity index (χ0n) is 15.4. The molecule has 0 aromatic heterocycles. The second kappa shape index (κ2) is 11.3. The summed E-state index contributed by atoms with van der Waals surface area (Å²) in [6.45, 7) is 2.79. The predicted octanol–water partition coefficient (Wildman–Crippen LogP) is 3.38. The first kappa shape index (κ1) is 21.7. The van der Waals surface area contributed by atoms with Crippen molar-refractivity contribution in [3.63, 3.8) is 0 Å². The molecule has 2 aromatic carbocycles. The van der Waals surface area contributed by atoms with Crippen molar-refractivity contribution in [2.45, 2.75) is 13.3 Å². The summed E-state index contributed by atoms with van der Waals surface area (Å²) in [7, 11) is 0. The van der Waals surface area contributed by atoms with E-state index in [2.05, 4.69) is 38.0 Å². The average molecular weight is 496 g/mol. The lowest BCUT2D eigenvalue weighted by Crippen LogP contribution is -2.30. The maximum Gasteiger partial charge on any atom is 0.513 e. The van der Waals surface area contributed by atoms with Gasteiger partial charge in [-0.25, -0.2) is 4.79 Å². The first-order valence-corrected chi connectivity index (χ1v) is 9.84. The molecule has 2 rings (SSSR count). The molecule has 7 nitrogen and oxygen atoms in total. The van der Waals surface area contributed by atoms with Gasteiger partial charge in [-0.1, -0.05) is 12.1 Å². The number of nitrogens with one attached hydrogen (secondary N) is 2. The number of benzene rings is 2. The highest BCUT2D eigenvalue weighted by molar-refractivity contribution is 14.1. The highest BCUT2D eigenvalue weighted by atomic mass is 127. The molecular formula is C20H21IN2O5. The number of halogens is 1. The highest BCUT2D eigenvalue weighted by Gasteiger charge is 2.09. The van der Waals surface area contributed by atoms with Crippen molar-refractivity contribution in [3.8, 4) is 5.75 Å². The van der Waals surface area contributed by atoms with Crippen molar-refractivity contribution in [2.75, 3.05) is 19.7 Å². The number of hydrogen-bond donors (Lipinski definition) is 2. The van der Waals surface area contributed by atoms with Crippen LogP contribution in [-0.4, -0.2) is 37.7 Å². The Labute approximate surface area is 176 Å². The average Bonchev–Trinajstić information content (AvgIpc) is 2.68. The van der Waals surface area contributed by atoms with E-state index in [0.29, 0.717) is 36.4 Å². The van der Waals surface area contributed by atoms with Crippen molar-refractivity contribution in [1.82, 2.24) is 10.6 Å². The third-order valence-corrected chi connectivity index (χ3v) is 4.56. The Morgan fingerprint density at radius 3 is 2.21 bits per heavy atom. The molecule has 2 aromatic rings. The topological polar surface area (TPSA) is 93.7 Å². The summed E-state index contributed by atoms with van der Waals surface area (Å²) < 4.78 is 10.5. The van der Waals surface area contributed by atoms with Gasteiger partial charge in [0.1, 0.15) is 5.75 Å². The van der Waals surface area contributed by atoms with Gasteiger partial charge in [-0.05, 0) is 72.3 Å². The van der Waals surface area contributed by atoms with Gasteiger partial charge in [-0.3, -0.25) is 9.59 Å². The van der Waals surface area contributed by atoms with Crippen LogP contribution in [0.4, 0.5) is 4.79 Å².